The number of rotatable bonds is 3. The summed E-state index contributed by atoms with van der Waals surface area (Å²) in [7, 11) is 0. The molecule has 2 rings (SSSR count). The number of ether oxygens (including phenoxy) is 1. The Bertz CT molecular complexity index is 414. The van der Waals surface area contributed by atoms with Crippen LogP contribution in [-0.4, -0.2) is 45.1 Å². The fourth-order valence-electron chi connectivity index (χ4n) is 1.77. The fourth-order valence-corrected chi connectivity index (χ4v) is 2.78. The van der Waals surface area contributed by atoms with E-state index in [9.17, 15) is 0 Å². The topological polar surface area (TPSA) is 77.2 Å². The fraction of sp³-hybridized carbons (Fsp3) is 0.727. The van der Waals surface area contributed by atoms with E-state index in [0.29, 0.717) is 17.2 Å². The predicted octanol–water partition coefficient (Wildman–Crippen LogP) is 1.18. The molecule has 7 heteroatoms. The summed E-state index contributed by atoms with van der Waals surface area (Å²) in [5.74, 6) is 1.90. The molecule has 1 unspecified atom stereocenters. The molecule has 0 spiro atoms. The zero-order chi connectivity index (χ0) is 13.1. The summed E-state index contributed by atoms with van der Waals surface area (Å²) in [6.45, 7) is 7.92. The SMILES string of the molecule is CC(C)Oc1nc(N)nc(N2CCSC(C)C2)n1. The highest BCUT2D eigenvalue weighted by atomic mass is 32.2. The standard InChI is InChI=1S/C11H19N5OS/c1-7(2)17-11-14-9(12)13-10(15-11)16-4-5-18-8(3)6-16/h7-8H,4-6H2,1-3H3,(H2,12,13,14,15). The number of thioether (sulfide) groups is 1. The van der Waals surface area contributed by atoms with Crippen LogP contribution in [0.2, 0.25) is 0 Å². The molecule has 0 aromatic carbocycles. The van der Waals surface area contributed by atoms with Crippen molar-refractivity contribution in [3.05, 3.63) is 0 Å². The molecule has 1 aliphatic rings. The molecule has 1 aromatic rings. The first-order valence-electron chi connectivity index (χ1n) is 6.09. The average molecular weight is 269 g/mol. The van der Waals surface area contributed by atoms with Crippen LogP contribution in [0.4, 0.5) is 11.9 Å². The molecule has 18 heavy (non-hydrogen) atoms. The van der Waals surface area contributed by atoms with Gasteiger partial charge in [-0.05, 0) is 13.8 Å². The summed E-state index contributed by atoms with van der Waals surface area (Å²) in [4.78, 5) is 14.6. The van der Waals surface area contributed by atoms with Gasteiger partial charge in [0.25, 0.3) is 0 Å². The molecular weight excluding hydrogens is 250 g/mol. The van der Waals surface area contributed by atoms with E-state index in [4.69, 9.17) is 10.5 Å². The van der Waals surface area contributed by atoms with E-state index in [1.54, 1.807) is 0 Å². The lowest BCUT2D eigenvalue weighted by Crippen LogP contribution is -2.38. The van der Waals surface area contributed by atoms with Crippen molar-refractivity contribution in [3.63, 3.8) is 0 Å². The summed E-state index contributed by atoms with van der Waals surface area (Å²) in [6.07, 6.45) is 0.0236. The number of nitrogen functional groups attached to an aromatic ring is 1. The van der Waals surface area contributed by atoms with Crippen molar-refractivity contribution in [1.82, 2.24) is 15.0 Å². The van der Waals surface area contributed by atoms with Crippen molar-refractivity contribution >= 4 is 23.7 Å². The zero-order valence-electron chi connectivity index (χ0n) is 11.0. The van der Waals surface area contributed by atoms with E-state index in [2.05, 4.69) is 26.8 Å². The molecule has 1 saturated heterocycles. The maximum atomic E-state index is 5.70. The molecule has 1 atom stereocenters. The third kappa shape index (κ3) is 3.38. The molecule has 0 bridgehead atoms. The molecule has 2 N–H and O–H groups in total. The Morgan fingerprint density at radius 3 is 2.83 bits per heavy atom. The minimum Gasteiger partial charge on any atom is -0.461 e. The first-order valence-corrected chi connectivity index (χ1v) is 7.14. The second kappa shape index (κ2) is 5.60. The van der Waals surface area contributed by atoms with Crippen LogP contribution in [0.3, 0.4) is 0 Å². The van der Waals surface area contributed by atoms with Crippen molar-refractivity contribution in [1.29, 1.82) is 0 Å². The molecule has 0 radical (unpaired) electrons. The highest BCUT2D eigenvalue weighted by Crippen LogP contribution is 2.22. The minimum atomic E-state index is 0.0236. The summed E-state index contributed by atoms with van der Waals surface area (Å²) in [6, 6.07) is 0.304. The van der Waals surface area contributed by atoms with Crippen LogP contribution in [0.25, 0.3) is 0 Å². The lowest BCUT2D eigenvalue weighted by molar-refractivity contribution is 0.222. The molecule has 100 valence electrons. The Labute approximate surface area is 111 Å². The van der Waals surface area contributed by atoms with Gasteiger partial charge in [-0.15, -0.1) is 0 Å². The van der Waals surface area contributed by atoms with Gasteiger partial charge in [0.2, 0.25) is 11.9 Å². The van der Waals surface area contributed by atoms with E-state index < -0.39 is 0 Å². The number of anilines is 2. The van der Waals surface area contributed by atoms with Crippen LogP contribution in [0.1, 0.15) is 20.8 Å². The van der Waals surface area contributed by atoms with E-state index in [-0.39, 0.29) is 12.1 Å². The number of nitrogens with two attached hydrogens (primary N) is 1. The Balaban J connectivity index is 2.18. The molecule has 6 nitrogen and oxygen atoms in total. The maximum absolute atomic E-state index is 5.70. The predicted molar refractivity (Wildman–Crippen MR) is 74.1 cm³/mol. The van der Waals surface area contributed by atoms with Gasteiger partial charge in [0.15, 0.2) is 0 Å². The first-order chi connectivity index (χ1) is 8.54. The third-order valence-corrected chi connectivity index (χ3v) is 3.62. The van der Waals surface area contributed by atoms with Gasteiger partial charge in [-0.25, -0.2) is 0 Å². The van der Waals surface area contributed by atoms with E-state index in [1.807, 2.05) is 25.6 Å². The van der Waals surface area contributed by atoms with Crippen LogP contribution in [0, 0.1) is 0 Å². The van der Waals surface area contributed by atoms with Gasteiger partial charge in [-0.2, -0.15) is 26.7 Å². The number of aromatic nitrogens is 3. The van der Waals surface area contributed by atoms with Crippen LogP contribution in [0.15, 0.2) is 0 Å². The van der Waals surface area contributed by atoms with Gasteiger partial charge in [0.1, 0.15) is 0 Å². The number of hydrogen-bond donors (Lipinski definition) is 1. The van der Waals surface area contributed by atoms with Crippen molar-refractivity contribution in [2.45, 2.75) is 32.1 Å². The second-order valence-electron chi connectivity index (χ2n) is 4.57. The lowest BCUT2D eigenvalue weighted by Gasteiger charge is -2.30. The molecule has 0 amide bonds. The Morgan fingerprint density at radius 2 is 2.17 bits per heavy atom. The minimum absolute atomic E-state index is 0.0236. The van der Waals surface area contributed by atoms with Crippen molar-refractivity contribution < 1.29 is 4.74 Å². The van der Waals surface area contributed by atoms with Gasteiger partial charge >= 0.3 is 6.01 Å². The summed E-state index contributed by atoms with van der Waals surface area (Å²) in [5, 5.41) is 0.575. The molecular formula is C11H19N5OS. The normalized spacial score (nSPS) is 20.2. The van der Waals surface area contributed by atoms with Gasteiger partial charge in [-0.3, -0.25) is 0 Å². The molecule has 0 saturated carbocycles. The highest BCUT2D eigenvalue weighted by Gasteiger charge is 2.20. The largest absolute Gasteiger partial charge is 0.461 e. The quantitative estimate of drug-likeness (QED) is 0.883. The Morgan fingerprint density at radius 1 is 1.39 bits per heavy atom. The number of nitrogens with zero attached hydrogens (tertiary/aromatic N) is 4. The molecule has 2 heterocycles. The van der Waals surface area contributed by atoms with Gasteiger partial charge in [-0.1, -0.05) is 6.92 Å². The third-order valence-electron chi connectivity index (χ3n) is 2.49. The van der Waals surface area contributed by atoms with Crippen LogP contribution in [0.5, 0.6) is 6.01 Å². The van der Waals surface area contributed by atoms with Gasteiger partial charge in [0, 0.05) is 24.1 Å². The average Bonchev–Trinajstić information content (AvgIpc) is 2.27. The highest BCUT2D eigenvalue weighted by molar-refractivity contribution is 8.00. The van der Waals surface area contributed by atoms with Crippen LogP contribution < -0.4 is 15.4 Å². The smallest absolute Gasteiger partial charge is 0.323 e. The monoisotopic (exact) mass is 269 g/mol. The van der Waals surface area contributed by atoms with Gasteiger partial charge in [0.05, 0.1) is 6.10 Å². The second-order valence-corrected chi connectivity index (χ2v) is 6.12. The molecule has 0 aliphatic carbocycles. The van der Waals surface area contributed by atoms with Crippen molar-refractivity contribution in [2.24, 2.45) is 0 Å². The summed E-state index contributed by atoms with van der Waals surface area (Å²) >= 11 is 1.96. The van der Waals surface area contributed by atoms with E-state index in [1.165, 1.54) is 0 Å². The van der Waals surface area contributed by atoms with Crippen molar-refractivity contribution in [2.75, 3.05) is 29.5 Å². The molecule has 1 aliphatic heterocycles. The molecule has 1 aromatic heterocycles. The summed E-state index contributed by atoms with van der Waals surface area (Å²) in [5.41, 5.74) is 5.70. The zero-order valence-corrected chi connectivity index (χ0v) is 11.8. The number of hydrogen-bond acceptors (Lipinski definition) is 7. The Kier molecular flexibility index (Phi) is 4.11. The first kappa shape index (κ1) is 13.2. The molecule has 1 fully saturated rings. The Hall–Kier alpha value is -1.24. The van der Waals surface area contributed by atoms with Crippen LogP contribution in [-0.2, 0) is 0 Å². The van der Waals surface area contributed by atoms with E-state index >= 15 is 0 Å². The van der Waals surface area contributed by atoms with Crippen molar-refractivity contribution in [3.8, 4) is 6.01 Å². The van der Waals surface area contributed by atoms with Gasteiger partial charge < -0.3 is 15.4 Å². The summed E-state index contributed by atoms with van der Waals surface area (Å²) < 4.78 is 5.48. The van der Waals surface area contributed by atoms with Crippen LogP contribution >= 0.6 is 11.8 Å². The lowest BCUT2D eigenvalue weighted by atomic mass is 10.4. The maximum Gasteiger partial charge on any atom is 0.323 e. The van der Waals surface area contributed by atoms with E-state index in [0.717, 1.165) is 18.8 Å².